The molecule has 1 aliphatic carbocycles. The fourth-order valence-corrected chi connectivity index (χ4v) is 3.08. The van der Waals surface area contributed by atoms with Crippen molar-refractivity contribution in [3.8, 4) is 0 Å². The Kier molecular flexibility index (Phi) is 8.27. The first-order valence-electron chi connectivity index (χ1n) is 8.52. The van der Waals surface area contributed by atoms with E-state index in [9.17, 15) is 4.79 Å². The Morgan fingerprint density at radius 2 is 1.95 bits per heavy atom. The smallest absolute Gasteiger partial charge is 0.220 e. The van der Waals surface area contributed by atoms with E-state index in [-0.39, 0.29) is 11.3 Å². The SMILES string of the molecule is CC(C)(C)C(CCN)CCC(=O)NCCOC1CCCC1. The normalized spacial score (nSPS) is 17.9. The van der Waals surface area contributed by atoms with Crippen molar-refractivity contribution in [1.82, 2.24) is 5.32 Å². The quantitative estimate of drug-likeness (QED) is 0.643. The molecule has 0 aromatic heterocycles. The van der Waals surface area contributed by atoms with Crippen molar-refractivity contribution in [1.29, 1.82) is 0 Å². The number of hydrogen-bond donors (Lipinski definition) is 2. The molecule has 1 unspecified atom stereocenters. The van der Waals surface area contributed by atoms with Crippen LogP contribution in [0.4, 0.5) is 0 Å². The summed E-state index contributed by atoms with van der Waals surface area (Å²) in [5.74, 6) is 0.638. The highest BCUT2D eigenvalue weighted by atomic mass is 16.5. The van der Waals surface area contributed by atoms with Gasteiger partial charge in [0.05, 0.1) is 12.7 Å². The molecule has 0 aromatic rings. The first kappa shape index (κ1) is 18.4. The van der Waals surface area contributed by atoms with Crippen molar-refractivity contribution in [2.45, 2.75) is 71.8 Å². The fraction of sp³-hybridized carbons (Fsp3) is 0.941. The topological polar surface area (TPSA) is 64.4 Å². The Morgan fingerprint density at radius 3 is 2.52 bits per heavy atom. The highest BCUT2D eigenvalue weighted by Crippen LogP contribution is 2.31. The highest BCUT2D eigenvalue weighted by Gasteiger charge is 2.24. The van der Waals surface area contributed by atoms with Crippen LogP contribution in [0, 0.1) is 11.3 Å². The monoisotopic (exact) mass is 298 g/mol. The predicted octanol–water partition coefficient (Wildman–Crippen LogP) is 2.85. The summed E-state index contributed by atoms with van der Waals surface area (Å²) in [6.45, 7) is 8.63. The molecular formula is C17H34N2O2. The maximum atomic E-state index is 11.9. The molecule has 1 atom stereocenters. The lowest BCUT2D eigenvalue weighted by atomic mass is 9.76. The lowest BCUT2D eigenvalue weighted by Gasteiger charge is -2.30. The minimum atomic E-state index is 0.135. The molecule has 21 heavy (non-hydrogen) atoms. The largest absolute Gasteiger partial charge is 0.376 e. The molecule has 4 nitrogen and oxygen atoms in total. The summed E-state index contributed by atoms with van der Waals surface area (Å²) in [7, 11) is 0. The molecule has 4 heteroatoms. The van der Waals surface area contributed by atoms with Gasteiger partial charge in [-0.25, -0.2) is 0 Å². The van der Waals surface area contributed by atoms with Crippen LogP contribution in [0.3, 0.4) is 0 Å². The second-order valence-corrected chi connectivity index (χ2v) is 7.31. The maximum absolute atomic E-state index is 11.9. The van der Waals surface area contributed by atoms with E-state index in [0.717, 1.165) is 12.8 Å². The Labute approximate surface area is 130 Å². The average Bonchev–Trinajstić information content (AvgIpc) is 2.91. The van der Waals surface area contributed by atoms with E-state index in [1.807, 2.05) is 0 Å². The van der Waals surface area contributed by atoms with Crippen LogP contribution in [0.2, 0.25) is 0 Å². The highest BCUT2D eigenvalue weighted by molar-refractivity contribution is 5.75. The molecule has 1 amide bonds. The molecule has 1 rings (SSSR count). The van der Waals surface area contributed by atoms with Gasteiger partial charge in [-0.05, 0) is 43.6 Å². The number of nitrogens with one attached hydrogen (secondary N) is 1. The molecule has 0 saturated heterocycles. The summed E-state index contributed by atoms with van der Waals surface area (Å²) in [4.78, 5) is 11.9. The van der Waals surface area contributed by atoms with Gasteiger partial charge >= 0.3 is 0 Å². The molecule has 0 heterocycles. The third-order valence-electron chi connectivity index (χ3n) is 4.54. The van der Waals surface area contributed by atoms with Crippen molar-refractivity contribution in [3.05, 3.63) is 0 Å². The Hall–Kier alpha value is -0.610. The molecule has 1 fully saturated rings. The summed E-state index contributed by atoms with van der Waals surface area (Å²) in [5, 5.41) is 2.96. The van der Waals surface area contributed by atoms with Crippen LogP contribution < -0.4 is 11.1 Å². The molecule has 0 spiro atoms. The van der Waals surface area contributed by atoms with Gasteiger partial charge in [0.25, 0.3) is 0 Å². The van der Waals surface area contributed by atoms with Crippen molar-refractivity contribution < 1.29 is 9.53 Å². The first-order chi connectivity index (χ1) is 9.93. The Morgan fingerprint density at radius 1 is 1.29 bits per heavy atom. The fourth-order valence-electron chi connectivity index (χ4n) is 3.08. The van der Waals surface area contributed by atoms with E-state index in [1.54, 1.807) is 0 Å². The third-order valence-corrected chi connectivity index (χ3v) is 4.54. The molecular weight excluding hydrogens is 264 g/mol. The number of carbonyl (C=O) groups excluding carboxylic acids is 1. The van der Waals surface area contributed by atoms with Gasteiger partial charge in [0.1, 0.15) is 0 Å². The van der Waals surface area contributed by atoms with E-state index in [1.165, 1.54) is 25.7 Å². The summed E-state index contributed by atoms with van der Waals surface area (Å²) in [6, 6.07) is 0. The summed E-state index contributed by atoms with van der Waals surface area (Å²) >= 11 is 0. The van der Waals surface area contributed by atoms with Crippen LogP contribution in [-0.4, -0.2) is 31.7 Å². The van der Waals surface area contributed by atoms with E-state index >= 15 is 0 Å². The van der Waals surface area contributed by atoms with Gasteiger partial charge in [-0.1, -0.05) is 33.6 Å². The number of amides is 1. The number of nitrogens with two attached hydrogens (primary N) is 1. The molecule has 3 N–H and O–H groups in total. The zero-order valence-electron chi connectivity index (χ0n) is 14.1. The summed E-state index contributed by atoms with van der Waals surface area (Å²) in [5.41, 5.74) is 5.89. The lowest BCUT2D eigenvalue weighted by molar-refractivity contribution is -0.121. The minimum absolute atomic E-state index is 0.135. The number of rotatable bonds is 9. The molecule has 1 saturated carbocycles. The molecule has 124 valence electrons. The van der Waals surface area contributed by atoms with Crippen LogP contribution >= 0.6 is 0 Å². The molecule has 0 aromatic carbocycles. The van der Waals surface area contributed by atoms with Crippen molar-refractivity contribution >= 4 is 5.91 Å². The van der Waals surface area contributed by atoms with Crippen molar-refractivity contribution in [2.24, 2.45) is 17.1 Å². The molecule has 0 aliphatic heterocycles. The summed E-state index contributed by atoms with van der Waals surface area (Å²) in [6.07, 6.45) is 7.85. The standard InChI is InChI=1S/C17H34N2O2/c1-17(2,3)14(10-11-18)8-9-16(20)19-12-13-21-15-6-4-5-7-15/h14-15H,4-13,18H2,1-3H3,(H,19,20). The van der Waals surface area contributed by atoms with Crippen molar-refractivity contribution in [3.63, 3.8) is 0 Å². The van der Waals surface area contributed by atoms with Gasteiger partial charge in [0.15, 0.2) is 0 Å². The molecule has 0 bridgehead atoms. The second kappa shape index (κ2) is 9.42. The minimum Gasteiger partial charge on any atom is -0.376 e. The van der Waals surface area contributed by atoms with Crippen molar-refractivity contribution in [2.75, 3.05) is 19.7 Å². The van der Waals surface area contributed by atoms with E-state index in [0.29, 0.717) is 38.1 Å². The van der Waals surface area contributed by atoms with Gasteiger partial charge in [-0.15, -0.1) is 0 Å². The van der Waals surface area contributed by atoms with Crippen LogP contribution in [0.25, 0.3) is 0 Å². The zero-order valence-corrected chi connectivity index (χ0v) is 14.1. The zero-order chi connectivity index (χ0) is 15.7. The van der Waals surface area contributed by atoms with Gasteiger partial charge in [0, 0.05) is 13.0 Å². The van der Waals surface area contributed by atoms with Crippen LogP contribution in [0.1, 0.15) is 65.7 Å². The van der Waals surface area contributed by atoms with Crippen LogP contribution in [-0.2, 0) is 9.53 Å². The van der Waals surface area contributed by atoms with Crippen LogP contribution in [0.15, 0.2) is 0 Å². The van der Waals surface area contributed by atoms with Gasteiger partial charge < -0.3 is 15.8 Å². The van der Waals surface area contributed by atoms with Gasteiger partial charge in [-0.2, -0.15) is 0 Å². The lowest BCUT2D eigenvalue weighted by Crippen LogP contribution is -2.30. The van der Waals surface area contributed by atoms with Gasteiger partial charge in [0.2, 0.25) is 5.91 Å². The second-order valence-electron chi connectivity index (χ2n) is 7.31. The van der Waals surface area contributed by atoms with E-state index in [2.05, 4.69) is 26.1 Å². The first-order valence-corrected chi connectivity index (χ1v) is 8.52. The summed E-state index contributed by atoms with van der Waals surface area (Å²) < 4.78 is 5.74. The molecule has 1 aliphatic rings. The third kappa shape index (κ3) is 7.82. The average molecular weight is 298 g/mol. The van der Waals surface area contributed by atoms with Gasteiger partial charge in [-0.3, -0.25) is 4.79 Å². The Bertz CT molecular complexity index is 294. The van der Waals surface area contributed by atoms with Crippen LogP contribution in [0.5, 0.6) is 0 Å². The number of carbonyl (C=O) groups is 1. The number of ether oxygens (including phenoxy) is 1. The molecule has 0 radical (unpaired) electrons. The number of hydrogen-bond acceptors (Lipinski definition) is 3. The predicted molar refractivity (Wildman–Crippen MR) is 87.1 cm³/mol. The van der Waals surface area contributed by atoms with E-state index in [4.69, 9.17) is 10.5 Å². The Balaban J connectivity index is 2.11. The maximum Gasteiger partial charge on any atom is 0.220 e. The van der Waals surface area contributed by atoms with E-state index < -0.39 is 0 Å².